The average Bonchev–Trinajstić information content (AvgIpc) is 3.22. The van der Waals surface area contributed by atoms with Gasteiger partial charge in [-0.1, -0.05) is 29.5 Å². The molecule has 0 aliphatic heterocycles. The first-order valence-electron chi connectivity index (χ1n) is 11.0. The average molecular weight is 508 g/mol. The van der Waals surface area contributed by atoms with Crippen LogP contribution in [0.4, 0.5) is 13.2 Å². The largest absolute Gasteiger partial charge is 0.573 e. The van der Waals surface area contributed by atoms with E-state index in [4.69, 9.17) is 4.74 Å². The lowest BCUT2D eigenvalue weighted by atomic mass is 9.84. The molecule has 1 N–H and O–H groups in total. The number of ether oxygens (including phenoxy) is 2. The number of aromatic carboxylic acids is 1. The number of benzene rings is 2. The van der Waals surface area contributed by atoms with Crippen molar-refractivity contribution in [3.63, 3.8) is 0 Å². The lowest BCUT2D eigenvalue weighted by Crippen LogP contribution is -2.18. The molecule has 0 bridgehead atoms. The van der Waals surface area contributed by atoms with Crippen LogP contribution in [0.5, 0.6) is 11.5 Å². The van der Waals surface area contributed by atoms with E-state index < -0.39 is 12.3 Å². The van der Waals surface area contributed by atoms with E-state index in [9.17, 15) is 23.1 Å². The summed E-state index contributed by atoms with van der Waals surface area (Å²) in [6, 6.07) is 13.5. The molecule has 11 heteroatoms. The first-order chi connectivity index (χ1) is 16.7. The predicted molar refractivity (Wildman–Crippen MR) is 123 cm³/mol. The van der Waals surface area contributed by atoms with Crippen molar-refractivity contribution in [1.82, 2.24) is 15.0 Å². The van der Waals surface area contributed by atoms with Crippen molar-refractivity contribution in [3.05, 3.63) is 65.4 Å². The van der Waals surface area contributed by atoms with E-state index in [0.29, 0.717) is 11.6 Å². The molecule has 7 nitrogen and oxygen atoms in total. The van der Waals surface area contributed by atoms with Crippen LogP contribution in [0, 0.1) is 0 Å². The van der Waals surface area contributed by atoms with Gasteiger partial charge in [-0.25, -0.2) is 9.48 Å². The van der Waals surface area contributed by atoms with E-state index in [1.54, 1.807) is 23.9 Å². The molecule has 1 aliphatic carbocycles. The molecule has 0 atom stereocenters. The number of aromatic nitrogens is 3. The summed E-state index contributed by atoms with van der Waals surface area (Å²) in [7, 11) is 1.59. The van der Waals surface area contributed by atoms with Gasteiger partial charge in [0.2, 0.25) is 5.69 Å². The van der Waals surface area contributed by atoms with Gasteiger partial charge < -0.3 is 14.6 Å². The molecule has 1 saturated carbocycles. The molecule has 1 aliphatic rings. The summed E-state index contributed by atoms with van der Waals surface area (Å²) in [5.74, 6) is -0.395. The van der Waals surface area contributed by atoms with Gasteiger partial charge in [0.15, 0.2) is 0 Å². The van der Waals surface area contributed by atoms with Crippen LogP contribution in [-0.4, -0.2) is 44.8 Å². The van der Waals surface area contributed by atoms with E-state index in [1.807, 2.05) is 24.3 Å². The highest BCUT2D eigenvalue weighted by atomic mass is 32.2. The molecular formula is C24H24F3N3O4S. The minimum atomic E-state index is -4.71. The molecule has 0 unspecified atom stereocenters. The number of carbonyl (C=O) groups is 1. The third kappa shape index (κ3) is 6.47. The number of carboxylic acid groups (broad SMARTS) is 1. The van der Waals surface area contributed by atoms with Crippen molar-refractivity contribution in [3.8, 4) is 11.5 Å². The highest BCUT2D eigenvalue weighted by Gasteiger charge is 2.31. The van der Waals surface area contributed by atoms with Crippen molar-refractivity contribution < 1.29 is 32.5 Å². The van der Waals surface area contributed by atoms with Gasteiger partial charge >= 0.3 is 12.3 Å². The third-order valence-corrected chi connectivity index (χ3v) is 7.35. The van der Waals surface area contributed by atoms with Gasteiger partial charge in [-0.2, -0.15) is 0 Å². The Morgan fingerprint density at radius 2 is 1.69 bits per heavy atom. The molecule has 4 rings (SSSR count). The van der Waals surface area contributed by atoms with Gasteiger partial charge in [0.1, 0.15) is 16.5 Å². The Balaban J connectivity index is 1.40. The van der Waals surface area contributed by atoms with E-state index in [-0.39, 0.29) is 22.6 Å². The molecule has 186 valence electrons. The van der Waals surface area contributed by atoms with Crippen LogP contribution in [0.15, 0.2) is 53.6 Å². The Kier molecular flexibility index (Phi) is 7.54. The number of hydrogen-bond acceptors (Lipinski definition) is 6. The van der Waals surface area contributed by atoms with Gasteiger partial charge in [-0.3, -0.25) is 0 Å². The monoisotopic (exact) mass is 507 g/mol. The fraction of sp³-hybridized carbons (Fsp3) is 0.375. The summed E-state index contributed by atoms with van der Waals surface area (Å²) in [6.45, 7) is 0.383. The van der Waals surface area contributed by atoms with Crippen LogP contribution < -0.4 is 9.47 Å². The minimum absolute atomic E-state index is 0.0640. The standard InChI is InChI=1S/C24H24F3N3O4S/c1-33-18-8-2-15(3-9-18)14-30-22(21(23(31)32)28-29-30)35-20-12-6-17(7-13-20)16-4-10-19(11-5-16)34-24(25,26)27/h2-5,8-11,17,20H,6-7,12-14H2,1H3,(H,31,32). The number of halogens is 3. The molecular weight excluding hydrogens is 483 g/mol. The molecule has 35 heavy (non-hydrogen) atoms. The number of hydrogen-bond donors (Lipinski definition) is 1. The van der Waals surface area contributed by atoms with Crippen LogP contribution in [0.1, 0.15) is 53.2 Å². The molecule has 1 fully saturated rings. The zero-order valence-corrected chi connectivity index (χ0v) is 19.7. The number of nitrogens with zero attached hydrogens (tertiary/aromatic N) is 3. The summed E-state index contributed by atoms with van der Waals surface area (Å²) < 4.78 is 47.9. The first-order valence-corrected chi connectivity index (χ1v) is 11.9. The lowest BCUT2D eigenvalue weighted by molar-refractivity contribution is -0.274. The SMILES string of the molecule is COc1ccc(Cn2nnc(C(=O)O)c2SC2CCC(c3ccc(OC(F)(F)F)cc3)CC2)cc1. The summed E-state index contributed by atoms with van der Waals surface area (Å²) in [4.78, 5) is 11.7. The van der Waals surface area contributed by atoms with Crippen LogP contribution in [0.25, 0.3) is 0 Å². The van der Waals surface area contributed by atoms with Crippen molar-refractivity contribution in [2.24, 2.45) is 0 Å². The zero-order chi connectivity index (χ0) is 25.0. The lowest BCUT2D eigenvalue weighted by Gasteiger charge is -2.28. The van der Waals surface area contributed by atoms with Gasteiger partial charge in [-0.15, -0.1) is 30.0 Å². The quantitative estimate of drug-likeness (QED) is 0.415. The van der Waals surface area contributed by atoms with Gasteiger partial charge in [0.25, 0.3) is 0 Å². The van der Waals surface area contributed by atoms with Gasteiger partial charge in [0.05, 0.1) is 13.7 Å². The molecule has 1 aromatic heterocycles. The number of thioether (sulfide) groups is 1. The second-order valence-corrected chi connectivity index (χ2v) is 9.55. The van der Waals surface area contributed by atoms with Crippen LogP contribution in [0.2, 0.25) is 0 Å². The fourth-order valence-electron chi connectivity index (χ4n) is 4.18. The number of carboxylic acids is 1. The molecule has 0 spiro atoms. The third-order valence-electron chi connectivity index (χ3n) is 5.92. The normalized spacial score (nSPS) is 18.3. The number of rotatable bonds is 8. The first kappa shape index (κ1) is 24.9. The molecule has 1 heterocycles. The Morgan fingerprint density at radius 1 is 1.06 bits per heavy atom. The second kappa shape index (κ2) is 10.6. The Bertz CT molecular complexity index is 1140. The highest BCUT2D eigenvalue weighted by molar-refractivity contribution is 7.99. The Labute approximate surface area is 204 Å². The molecule has 3 aromatic rings. The minimum Gasteiger partial charge on any atom is -0.497 e. The predicted octanol–water partition coefficient (Wildman–Crippen LogP) is 5.75. The van der Waals surface area contributed by atoms with Crippen molar-refractivity contribution in [1.29, 1.82) is 0 Å². The van der Waals surface area contributed by atoms with Crippen LogP contribution >= 0.6 is 11.8 Å². The number of alkyl halides is 3. The Hall–Kier alpha value is -3.21. The molecule has 0 saturated heterocycles. The van der Waals surface area contributed by atoms with Crippen LogP contribution in [-0.2, 0) is 6.54 Å². The van der Waals surface area contributed by atoms with E-state index in [0.717, 1.165) is 42.6 Å². The van der Waals surface area contributed by atoms with E-state index in [2.05, 4.69) is 15.0 Å². The second-order valence-electron chi connectivity index (χ2n) is 8.26. The summed E-state index contributed by atoms with van der Waals surface area (Å²) in [6.07, 6.45) is -1.34. The van der Waals surface area contributed by atoms with Crippen LogP contribution in [0.3, 0.4) is 0 Å². The highest BCUT2D eigenvalue weighted by Crippen LogP contribution is 2.41. The molecule has 0 amide bonds. The smallest absolute Gasteiger partial charge is 0.497 e. The topological polar surface area (TPSA) is 86.5 Å². The van der Waals surface area contributed by atoms with E-state index >= 15 is 0 Å². The van der Waals surface area contributed by atoms with Crippen molar-refractivity contribution in [2.75, 3.05) is 7.11 Å². The van der Waals surface area contributed by atoms with Crippen molar-refractivity contribution >= 4 is 17.7 Å². The van der Waals surface area contributed by atoms with E-state index in [1.165, 1.54) is 23.9 Å². The van der Waals surface area contributed by atoms with Gasteiger partial charge in [0, 0.05) is 5.25 Å². The summed E-state index contributed by atoms with van der Waals surface area (Å²) in [5, 5.41) is 18.3. The summed E-state index contributed by atoms with van der Waals surface area (Å²) >= 11 is 1.47. The van der Waals surface area contributed by atoms with Crippen molar-refractivity contribution in [2.45, 2.75) is 54.8 Å². The maximum atomic E-state index is 12.4. The maximum absolute atomic E-state index is 12.4. The Morgan fingerprint density at radius 3 is 2.26 bits per heavy atom. The van der Waals surface area contributed by atoms with Gasteiger partial charge in [-0.05, 0) is 67.0 Å². The fourth-order valence-corrected chi connectivity index (χ4v) is 5.46. The molecule has 0 radical (unpaired) electrons. The zero-order valence-electron chi connectivity index (χ0n) is 18.9. The number of methoxy groups -OCH3 is 1. The summed E-state index contributed by atoms with van der Waals surface area (Å²) in [5.41, 5.74) is 1.85. The molecule has 2 aromatic carbocycles. The maximum Gasteiger partial charge on any atom is 0.573 e.